The minimum Gasteiger partial charge on any atom is -0.496 e. The van der Waals surface area contributed by atoms with Crippen molar-refractivity contribution in [3.63, 3.8) is 0 Å². The summed E-state index contributed by atoms with van der Waals surface area (Å²) in [4.78, 5) is 28.6. The van der Waals surface area contributed by atoms with Crippen molar-refractivity contribution in [2.45, 2.75) is 19.0 Å². The Kier molecular flexibility index (Phi) is 5.15. The standard InChI is InChI=1S/C18H23N3O3/c1-24-16-7-3-2-6-14(16)13-21-11-8-19-18(23)15(21)12-17(22)20-9-4-5-10-20/h2-7,15H,8-13H2,1H3,(H,19,23). The number of carbonyl (C=O) groups excluding carboxylic acids is 2. The van der Waals surface area contributed by atoms with Gasteiger partial charge >= 0.3 is 0 Å². The fourth-order valence-corrected chi connectivity index (χ4v) is 3.20. The van der Waals surface area contributed by atoms with E-state index in [1.807, 2.05) is 36.4 Å². The summed E-state index contributed by atoms with van der Waals surface area (Å²) in [6, 6.07) is 7.35. The molecule has 2 heterocycles. The molecule has 0 aromatic heterocycles. The third kappa shape index (κ3) is 3.59. The van der Waals surface area contributed by atoms with Gasteiger partial charge in [-0.05, 0) is 6.07 Å². The third-order valence-corrected chi connectivity index (χ3v) is 4.55. The van der Waals surface area contributed by atoms with Gasteiger partial charge < -0.3 is 15.0 Å². The molecule has 1 N–H and O–H groups in total. The highest BCUT2D eigenvalue weighted by molar-refractivity contribution is 5.89. The van der Waals surface area contributed by atoms with Crippen molar-refractivity contribution in [3.8, 4) is 5.75 Å². The summed E-state index contributed by atoms with van der Waals surface area (Å²) in [5, 5.41) is 2.87. The van der Waals surface area contributed by atoms with E-state index in [4.69, 9.17) is 4.74 Å². The first kappa shape index (κ1) is 16.5. The van der Waals surface area contributed by atoms with Gasteiger partial charge in [0.2, 0.25) is 11.8 Å². The van der Waals surface area contributed by atoms with Gasteiger partial charge in [0, 0.05) is 38.3 Å². The Balaban J connectivity index is 1.71. The number of amides is 2. The fourth-order valence-electron chi connectivity index (χ4n) is 3.20. The lowest BCUT2D eigenvalue weighted by molar-refractivity contribution is -0.138. The Morgan fingerprint density at radius 2 is 2.04 bits per heavy atom. The number of hydrogen-bond acceptors (Lipinski definition) is 4. The van der Waals surface area contributed by atoms with Crippen molar-refractivity contribution in [1.82, 2.24) is 15.1 Å². The number of rotatable bonds is 5. The molecule has 0 aliphatic carbocycles. The molecular formula is C18H23N3O3. The predicted molar refractivity (Wildman–Crippen MR) is 90.5 cm³/mol. The van der Waals surface area contributed by atoms with E-state index in [1.165, 1.54) is 0 Å². The van der Waals surface area contributed by atoms with Gasteiger partial charge in [-0.1, -0.05) is 30.4 Å². The van der Waals surface area contributed by atoms with Crippen molar-refractivity contribution in [2.24, 2.45) is 0 Å². The van der Waals surface area contributed by atoms with Crippen LogP contribution in [0.3, 0.4) is 0 Å². The minimum atomic E-state index is -0.434. The first-order valence-corrected chi connectivity index (χ1v) is 8.25. The van der Waals surface area contributed by atoms with Gasteiger partial charge in [-0.15, -0.1) is 0 Å². The molecule has 0 spiro atoms. The Bertz CT molecular complexity index is 636. The number of ether oxygens (including phenoxy) is 1. The molecule has 1 unspecified atom stereocenters. The maximum absolute atomic E-state index is 12.4. The van der Waals surface area contributed by atoms with Gasteiger partial charge in [0.25, 0.3) is 0 Å². The minimum absolute atomic E-state index is 0.0204. The monoisotopic (exact) mass is 329 g/mol. The van der Waals surface area contributed by atoms with E-state index >= 15 is 0 Å². The van der Waals surface area contributed by atoms with E-state index in [2.05, 4.69) is 10.2 Å². The fraction of sp³-hybridized carbons (Fsp3) is 0.444. The molecule has 0 radical (unpaired) electrons. The van der Waals surface area contributed by atoms with Crippen LogP contribution >= 0.6 is 0 Å². The molecule has 2 aliphatic rings. The predicted octanol–water partition coefficient (Wildman–Crippen LogP) is 0.784. The van der Waals surface area contributed by atoms with Crippen molar-refractivity contribution >= 4 is 11.8 Å². The molecule has 24 heavy (non-hydrogen) atoms. The topological polar surface area (TPSA) is 61.9 Å². The van der Waals surface area contributed by atoms with E-state index in [9.17, 15) is 9.59 Å². The average molecular weight is 329 g/mol. The van der Waals surface area contributed by atoms with Crippen LogP contribution in [0.1, 0.15) is 12.0 Å². The average Bonchev–Trinajstić information content (AvgIpc) is 3.13. The lowest BCUT2D eigenvalue weighted by Gasteiger charge is -2.35. The highest BCUT2D eigenvalue weighted by atomic mass is 16.5. The number of hydrogen-bond donors (Lipinski definition) is 1. The summed E-state index contributed by atoms with van der Waals surface area (Å²) < 4.78 is 5.40. The lowest BCUT2D eigenvalue weighted by Crippen LogP contribution is -2.56. The van der Waals surface area contributed by atoms with Gasteiger partial charge in [0.1, 0.15) is 5.75 Å². The van der Waals surface area contributed by atoms with Gasteiger partial charge in [-0.2, -0.15) is 0 Å². The molecule has 1 atom stereocenters. The number of nitrogens with zero attached hydrogens (tertiary/aromatic N) is 2. The molecule has 0 bridgehead atoms. The van der Waals surface area contributed by atoms with Crippen LogP contribution in [0.5, 0.6) is 5.75 Å². The molecule has 3 rings (SSSR count). The summed E-state index contributed by atoms with van der Waals surface area (Å²) in [7, 11) is 1.64. The van der Waals surface area contributed by atoms with Crippen LogP contribution in [0.15, 0.2) is 36.4 Å². The zero-order valence-corrected chi connectivity index (χ0v) is 13.9. The quantitative estimate of drug-likeness (QED) is 0.811. The molecule has 2 aliphatic heterocycles. The number of carbonyl (C=O) groups is 2. The highest BCUT2D eigenvalue weighted by Gasteiger charge is 2.33. The van der Waals surface area contributed by atoms with Crippen molar-refractivity contribution in [1.29, 1.82) is 0 Å². The lowest BCUT2D eigenvalue weighted by atomic mass is 10.1. The van der Waals surface area contributed by atoms with E-state index in [-0.39, 0.29) is 18.2 Å². The summed E-state index contributed by atoms with van der Waals surface area (Å²) >= 11 is 0. The zero-order chi connectivity index (χ0) is 16.9. The van der Waals surface area contributed by atoms with Crippen LogP contribution < -0.4 is 10.1 Å². The third-order valence-electron chi connectivity index (χ3n) is 4.55. The van der Waals surface area contributed by atoms with Crippen LogP contribution in [0, 0.1) is 0 Å². The molecule has 2 amide bonds. The maximum Gasteiger partial charge on any atom is 0.237 e. The smallest absolute Gasteiger partial charge is 0.237 e. The van der Waals surface area contributed by atoms with Crippen molar-refractivity contribution in [3.05, 3.63) is 42.0 Å². The summed E-state index contributed by atoms with van der Waals surface area (Å²) in [6.07, 6.45) is 4.17. The van der Waals surface area contributed by atoms with Gasteiger partial charge in [0.15, 0.2) is 0 Å². The summed E-state index contributed by atoms with van der Waals surface area (Å²) in [5.74, 6) is 0.751. The van der Waals surface area contributed by atoms with Crippen LogP contribution in [0.25, 0.3) is 0 Å². The highest BCUT2D eigenvalue weighted by Crippen LogP contribution is 2.22. The van der Waals surface area contributed by atoms with Gasteiger partial charge in [-0.3, -0.25) is 14.5 Å². The SMILES string of the molecule is COc1ccccc1CN1CCNC(=O)C1CC(=O)N1CC=CC1. The van der Waals surface area contributed by atoms with Gasteiger partial charge in [0.05, 0.1) is 19.6 Å². The first-order chi connectivity index (χ1) is 11.7. The van der Waals surface area contributed by atoms with Gasteiger partial charge in [-0.25, -0.2) is 0 Å². The van der Waals surface area contributed by atoms with Crippen LogP contribution in [-0.2, 0) is 16.1 Å². The molecule has 128 valence electrons. The second-order valence-corrected chi connectivity index (χ2v) is 6.06. The number of methoxy groups -OCH3 is 1. The molecule has 0 saturated carbocycles. The second kappa shape index (κ2) is 7.49. The molecular weight excluding hydrogens is 306 g/mol. The van der Waals surface area contributed by atoms with E-state index in [1.54, 1.807) is 12.0 Å². The van der Waals surface area contributed by atoms with Crippen molar-refractivity contribution < 1.29 is 14.3 Å². The first-order valence-electron chi connectivity index (χ1n) is 8.25. The number of para-hydroxylation sites is 1. The maximum atomic E-state index is 12.4. The molecule has 1 aromatic rings. The number of benzene rings is 1. The summed E-state index contributed by atoms with van der Waals surface area (Å²) in [6.45, 7) is 3.19. The van der Waals surface area contributed by atoms with Crippen LogP contribution in [-0.4, -0.2) is 60.9 Å². The van der Waals surface area contributed by atoms with Crippen molar-refractivity contribution in [2.75, 3.05) is 33.3 Å². The second-order valence-electron chi connectivity index (χ2n) is 6.06. The Morgan fingerprint density at radius 3 is 2.79 bits per heavy atom. The molecule has 1 saturated heterocycles. The Morgan fingerprint density at radius 1 is 1.29 bits per heavy atom. The van der Waals surface area contributed by atoms with E-state index in [0.29, 0.717) is 26.2 Å². The zero-order valence-electron chi connectivity index (χ0n) is 13.9. The molecule has 1 aromatic carbocycles. The van der Waals surface area contributed by atoms with Crippen LogP contribution in [0.2, 0.25) is 0 Å². The van der Waals surface area contributed by atoms with Crippen LogP contribution in [0.4, 0.5) is 0 Å². The van der Waals surface area contributed by atoms with E-state index in [0.717, 1.165) is 17.9 Å². The number of piperazine rings is 1. The molecule has 1 fully saturated rings. The van der Waals surface area contributed by atoms with E-state index < -0.39 is 6.04 Å². The largest absolute Gasteiger partial charge is 0.496 e. The molecule has 6 heteroatoms. The Labute approximate surface area is 142 Å². The molecule has 6 nitrogen and oxygen atoms in total. The number of nitrogens with one attached hydrogen (secondary N) is 1. The summed E-state index contributed by atoms with van der Waals surface area (Å²) in [5.41, 5.74) is 1.02. The normalized spacial score (nSPS) is 21.0. The Hall–Kier alpha value is -2.34.